The first-order valence-corrected chi connectivity index (χ1v) is 7.94. The summed E-state index contributed by atoms with van der Waals surface area (Å²) in [5.74, 6) is -0.365. The summed E-state index contributed by atoms with van der Waals surface area (Å²) in [5.41, 5.74) is 1.38. The van der Waals surface area contributed by atoms with Gasteiger partial charge in [0.05, 0.1) is 17.9 Å². The number of nitrogens with one attached hydrogen (secondary N) is 1. The van der Waals surface area contributed by atoms with E-state index in [0.717, 1.165) is 23.3 Å². The Balaban J connectivity index is 2.31. The van der Waals surface area contributed by atoms with Gasteiger partial charge in [0.25, 0.3) is 5.91 Å². The zero-order chi connectivity index (χ0) is 19.3. The van der Waals surface area contributed by atoms with Crippen molar-refractivity contribution >= 4 is 11.6 Å². The molecule has 1 amide bonds. The molecule has 2 rings (SSSR count). The third-order valence-electron chi connectivity index (χ3n) is 3.87. The van der Waals surface area contributed by atoms with Gasteiger partial charge in [0.15, 0.2) is 0 Å². The fraction of sp³-hybridized carbons (Fsp3) is 0.316. The second-order valence-electron chi connectivity index (χ2n) is 5.80. The van der Waals surface area contributed by atoms with E-state index in [2.05, 4.69) is 5.32 Å². The Hall–Kier alpha value is -2.54. The van der Waals surface area contributed by atoms with Gasteiger partial charge in [-0.15, -0.1) is 0 Å². The van der Waals surface area contributed by atoms with Gasteiger partial charge < -0.3 is 14.8 Å². The van der Waals surface area contributed by atoms with Crippen LogP contribution in [0.4, 0.5) is 18.9 Å². The van der Waals surface area contributed by atoms with E-state index in [0.29, 0.717) is 5.56 Å². The van der Waals surface area contributed by atoms with E-state index >= 15 is 0 Å². The summed E-state index contributed by atoms with van der Waals surface area (Å²) in [7, 11) is 1.48. The number of carbonyl (C=O) groups excluding carboxylic acids is 1. The molecular weight excluding hydrogens is 347 g/mol. The van der Waals surface area contributed by atoms with Crippen molar-refractivity contribution in [1.82, 2.24) is 0 Å². The molecule has 0 saturated heterocycles. The number of aryl methyl sites for hydroxylation is 2. The van der Waals surface area contributed by atoms with Crippen LogP contribution in [-0.2, 0) is 10.9 Å². The van der Waals surface area contributed by atoms with Crippen LogP contribution in [-0.4, -0.2) is 26.2 Å². The molecule has 0 radical (unpaired) electrons. The lowest BCUT2D eigenvalue weighted by Gasteiger charge is -2.15. The molecule has 0 aliphatic carbocycles. The number of methoxy groups -OCH3 is 1. The van der Waals surface area contributed by atoms with Crippen LogP contribution in [0.2, 0.25) is 0 Å². The van der Waals surface area contributed by atoms with Crippen LogP contribution in [0.1, 0.15) is 27.0 Å². The highest BCUT2D eigenvalue weighted by Gasteiger charge is 2.31. The highest BCUT2D eigenvalue weighted by Crippen LogP contribution is 2.35. The van der Waals surface area contributed by atoms with Gasteiger partial charge in [-0.1, -0.05) is 6.07 Å². The molecule has 0 heterocycles. The minimum Gasteiger partial charge on any atom is -0.489 e. The summed E-state index contributed by atoms with van der Waals surface area (Å²) in [6.07, 6.45) is -4.52. The zero-order valence-corrected chi connectivity index (χ0v) is 14.7. The molecule has 4 nitrogen and oxygen atoms in total. The van der Waals surface area contributed by atoms with Crippen LogP contribution >= 0.6 is 0 Å². The maximum absolute atomic E-state index is 13.0. The number of ether oxygens (including phenoxy) is 2. The Labute approximate surface area is 149 Å². The van der Waals surface area contributed by atoms with Crippen molar-refractivity contribution in [2.75, 3.05) is 25.6 Å². The molecule has 0 unspecified atom stereocenters. The van der Waals surface area contributed by atoms with Gasteiger partial charge in [0.2, 0.25) is 0 Å². The number of hydrogen-bond donors (Lipinski definition) is 1. The molecule has 0 atom stereocenters. The van der Waals surface area contributed by atoms with Gasteiger partial charge in [0.1, 0.15) is 12.4 Å². The third-order valence-corrected chi connectivity index (χ3v) is 3.87. The quantitative estimate of drug-likeness (QED) is 0.759. The van der Waals surface area contributed by atoms with Crippen LogP contribution in [0.3, 0.4) is 0 Å². The number of anilines is 1. The lowest BCUT2D eigenvalue weighted by molar-refractivity contribution is -0.137. The van der Waals surface area contributed by atoms with Crippen molar-refractivity contribution in [2.24, 2.45) is 0 Å². The number of alkyl halides is 3. The number of halogens is 3. The first-order valence-electron chi connectivity index (χ1n) is 7.94. The monoisotopic (exact) mass is 367 g/mol. The smallest absolute Gasteiger partial charge is 0.416 e. The Morgan fingerprint density at radius 2 is 1.77 bits per heavy atom. The van der Waals surface area contributed by atoms with Gasteiger partial charge in [-0.05, 0) is 55.3 Å². The maximum Gasteiger partial charge on any atom is 0.416 e. The molecule has 0 aliphatic heterocycles. The molecule has 0 spiro atoms. The fourth-order valence-electron chi connectivity index (χ4n) is 2.24. The van der Waals surface area contributed by atoms with E-state index in [1.807, 2.05) is 13.8 Å². The van der Waals surface area contributed by atoms with E-state index in [1.165, 1.54) is 13.2 Å². The van der Waals surface area contributed by atoms with Crippen LogP contribution < -0.4 is 10.1 Å². The molecule has 2 aromatic rings. The molecule has 0 bridgehead atoms. The Morgan fingerprint density at radius 3 is 2.38 bits per heavy atom. The second-order valence-corrected chi connectivity index (χ2v) is 5.80. The van der Waals surface area contributed by atoms with Crippen LogP contribution in [0.15, 0.2) is 36.4 Å². The molecule has 1 N–H and O–H groups in total. The van der Waals surface area contributed by atoms with Crippen molar-refractivity contribution in [2.45, 2.75) is 20.0 Å². The van der Waals surface area contributed by atoms with Gasteiger partial charge in [-0.2, -0.15) is 13.2 Å². The zero-order valence-electron chi connectivity index (χ0n) is 14.7. The third kappa shape index (κ3) is 4.98. The predicted octanol–water partition coefficient (Wildman–Crippen LogP) is 4.60. The highest BCUT2D eigenvalue weighted by atomic mass is 19.4. The Bertz CT molecular complexity index is 788. The molecule has 0 fully saturated rings. The summed E-state index contributed by atoms with van der Waals surface area (Å²) in [6.45, 7) is 4.18. The topological polar surface area (TPSA) is 47.6 Å². The molecule has 0 saturated carbocycles. The van der Waals surface area contributed by atoms with Crippen molar-refractivity contribution in [1.29, 1.82) is 0 Å². The SMILES string of the molecule is COCCOc1ccc(C(F)(F)F)cc1NC(=O)c1ccc(C)c(C)c1. The van der Waals surface area contributed by atoms with E-state index in [-0.39, 0.29) is 24.7 Å². The Morgan fingerprint density at radius 1 is 1.04 bits per heavy atom. The average Bonchev–Trinajstić information content (AvgIpc) is 2.57. The maximum atomic E-state index is 13.0. The van der Waals surface area contributed by atoms with E-state index in [1.54, 1.807) is 18.2 Å². The average molecular weight is 367 g/mol. The van der Waals surface area contributed by atoms with Crippen molar-refractivity contribution < 1.29 is 27.4 Å². The molecule has 26 heavy (non-hydrogen) atoms. The van der Waals surface area contributed by atoms with Gasteiger partial charge >= 0.3 is 6.18 Å². The second kappa shape index (κ2) is 8.23. The van der Waals surface area contributed by atoms with Gasteiger partial charge in [-0.3, -0.25) is 4.79 Å². The highest BCUT2D eigenvalue weighted by molar-refractivity contribution is 6.05. The van der Waals surface area contributed by atoms with Crippen LogP contribution in [0, 0.1) is 13.8 Å². The number of rotatable bonds is 6. The molecule has 0 aliphatic rings. The number of benzene rings is 2. The van der Waals surface area contributed by atoms with Crippen molar-refractivity contribution in [3.8, 4) is 5.75 Å². The van der Waals surface area contributed by atoms with Gasteiger partial charge in [0, 0.05) is 12.7 Å². The first kappa shape index (κ1) is 19.8. The molecule has 2 aromatic carbocycles. The van der Waals surface area contributed by atoms with Crippen molar-refractivity contribution in [3.63, 3.8) is 0 Å². The summed E-state index contributed by atoms with van der Waals surface area (Å²) >= 11 is 0. The molecule has 0 aromatic heterocycles. The molecule has 140 valence electrons. The lowest BCUT2D eigenvalue weighted by atomic mass is 10.1. The number of hydrogen-bond acceptors (Lipinski definition) is 3. The summed E-state index contributed by atoms with van der Waals surface area (Å²) in [5, 5.41) is 2.51. The number of carbonyl (C=O) groups is 1. The van der Waals surface area contributed by atoms with E-state index in [9.17, 15) is 18.0 Å². The van der Waals surface area contributed by atoms with E-state index < -0.39 is 17.6 Å². The van der Waals surface area contributed by atoms with Crippen molar-refractivity contribution in [3.05, 3.63) is 58.7 Å². The standard InChI is InChI=1S/C19H20F3NO3/c1-12-4-5-14(10-13(12)2)18(24)23-16-11-15(19(20,21)22)6-7-17(16)26-9-8-25-3/h4-7,10-11H,8-9H2,1-3H3,(H,23,24). The summed E-state index contributed by atoms with van der Waals surface area (Å²) < 4.78 is 49.3. The Kier molecular flexibility index (Phi) is 6.26. The molecule has 7 heteroatoms. The van der Waals surface area contributed by atoms with E-state index in [4.69, 9.17) is 9.47 Å². The normalized spacial score (nSPS) is 11.3. The van der Waals surface area contributed by atoms with Crippen LogP contribution in [0.5, 0.6) is 5.75 Å². The molecular formula is C19H20F3NO3. The predicted molar refractivity (Wildman–Crippen MR) is 92.7 cm³/mol. The van der Waals surface area contributed by atoms with Gasteiger partial charge in [-0.25, -0.2) is 0 Å². The largest absolute Gasteiger partial charge is 0.489 e. The van der Waals surface area contributed by atoms with Crippen LogP contribution in [0.25, 0.3) is 0 Å². The minimum atomic E-state index is -4.52. The number of amides is 1. The lowest BCUT2D eigenvalue weighted by Crippen LogP contribution is -2.15. The fourth-order valence-corrected chi connectivity index (χ4v) is 2.24. The first-order chi connectivity index (χ1) is 12.2. The summed E-state index contributed by atoms with van der Waals surface area (Å²) in [4.78, 5) is 12.4. The summed E-state index contributed by atoms with van der Waals surface area (Å²) in [6, 6.07) is 8.05. The minimum absolute atomic E-state index is 0.0424.